The van der Waals surface area contributed by atoms with E-state index in [9.17, 15) is 4.79 Å². The fourth-order valence-electron chi connectivity index (χ4n) is 4.25. The van der Waals surface area contributed by atoms with Gasteiger partial charge >= 0.3 is 0 Å². The van der Waals surface area contributed by atoms with Gasteiger partial charge in [0.15, 0.2) is 5.79 Å². The van der Waals surface area contributed by atoms with E-state index in [1.54, 1.807) is 0 Å². The maximum Gasteiger partial charge on any atom is 0.257 e. The Morgan fingerprint density at radius 2 is 1.57 bits per heavy atom. The number of piperidine rings is 1. The molecule has 2 aliphatic heterocycles. The summed E-state index contributed by atoms with van der Waals surface area (Å²) in [5, 5.41) is 4.78. The monoisotopic (exact) mass is 403 g/mol. The van der Waals surface area contributed by atoms with E-state index in [0.717, 1.165) is 16.8 Å². The smallest absolute Gasteiger partial charge is 0.257 e. The third-order valence-electron chi connectivity index (χ3n) is 5.85. The van der Waals surface area contributed by atoms with E-state index >= 15 is 0 Å². The van der Waals surface area contributed by atoms with Gasteiger partial charge in [-0.1, -0.05) is 60.7 Å². The van der Waals surface area contributed by atoms with Crippen molar-refractivity contribution in [2.45, 2.75) is 25.2 Å². The molecule has 3 heterocycles. The van der Waals surface area contributed by atoms with Crippen LogP contribution in [-0.2, 0) is 16.0 Å². The molecule has 6 nitrogen and oxygen atoms in total. The van der Waals surface area contributed by atoms with Crippen molar-refractivity contribution in [2.75, 3.05) is 26.3 Å². The predicted octanol–water partition coefficient (Wildman–Crippen LogP) is 3.58. The van der Waals surface area contributed by atoms with Crippen LogP contribution in [0.15, 0.2) is 66.9 Å². The summed E-state index contributed by atoms with van der Waals surface area (Å²) < 4.78 is 13.5. The Labute approximate surface area is 176 Å². The van der Waals surface area contributed by atoms with E-state index in [-0.39, 0.29) is 5.91 Å². The van der Waals surface area contributed by atoms with Crippen LogP contribution in [0, 0.1) is 0 Å². The van der Waals surface area contributed by atoms with Crippen molar-refractivity contribution in [1.29, 1.82) is 0 Å². The molecule has 0 aliphatic carbocycles. The Hall–Kier alpha value is -2.96. The zero-order chi connectivity index (χ0) is 20.4. The molecule has 2 aromatic carbocycles. The summed E-state index contributed by atoms with van der Waals surface area (Å²) in [5.74, 6) is -0.475. The highest BCUT2D eigenvalue weighted by Crippen LogP contribution is 2.32. The van der Waals surface area contributed by atoms with Gasteiger partial charge < -0.3 is 14.4 Å². The summed E-state index contributed by atoms with van der Waals surface area (Å²) in [6.45, 7) is 3.14. The predicted molar refractivity (Wildman–Crippen MR) is 113 cm³/mol. The minimum atomic E-state index is -0.490. The fraction of sp³-hybridized carbons (Fsp3) is 0.333. The van der Waals surface area contributed by atoms with Crippen molar-refractivity contribution in [1.82, 2.24) is 14.7 Å². The van der Waals surface area contributed by atoms with Gasteiger partial charge in [0.2, 0.25) is 0 Å². The summed E-state index contributed by atoms with van der Waals surface area (Å²) in [6, 6.07) is 20.1. The molecule has 6 heteroatoms. The summed E-state index contributed by atoms with van der Waals surface area (Å²) in [5.41, 5.74) is 3.46. The minimum absolute atomic E-state index is 0.0148. The van der Waals surface area contributed by atoms with Crippen LogP contribution in [-0.4, -0.2) is 52.7 Å². The largest absolute Gasteiger partial charge is 0.347 e. The molecule has 0 radical (unpaired) electrons. The fourth-order valence-corrected chi connectivity index (χ4v) is 4.25. The van der Waals surface area contributed by atoms with Crippen molar-refractivity contribution in [3.05, 3.63) is 78.0 Å². The van der Waals surface area contributed by atoms with Crippen molar-refractivity contribution in [3.63, 3.8) is 0 Å². The van der Waals surface area contributed by atoms with Gasteiger partial charge in [0.05, 0.1) is 25.3 Å². The third kappa shape index (κ3) is 3.76. The highest BCUT2D eigenvalue weighted by Gasteiger charge is 2.41. The topological polar surface area (TPSA) is 56.6 Å². The van der Waals surface area contributed by atoms with Gasteiger partial charge in [0.25, 0.3) is 5.91 Å². The average Bonchev–Trinajstić information content (AvgIpc) is 3.43. The lowest BCUT2D eigenvalue weighted by atomic mass is 10.0. The first-order chi connectivity index (χ1) is 14.7. The number of ether oxygens (including phenoxy) is 2. The first kappa shape index (κ1) is 19.0. The molecule has 1 aromatic heterocycles. The van der Waals surface area contributed by atoms with Crippen LogP contribution < -0.4 is 0 Å². The van der Waals surface area contributed by atoms with Gasteiger partial charge in [-0.05, 0) is 5.56 Å². The molecule has 1 amide bonds. The van der Waals surface area contributed by atoms with E-state index in [4.69, 9.17) is 14.6 Å². The lowest BCUT2D eigenvalue weighted by Gasteiger charge is -2.37. The molecule has 2 aliphatic rings. The SMILES string of the molecule is O=C(c1cn(Cc2ccccc2)nc1-c1ccccc1)N1CCC2(CC1)OCCO2. The van der Waals surface area contributed by atoms with Crippen LogP contribution >= 0.6 is 0 Å². The molecule has 0 bridgehead atoms. The van der Waals surface area contributed by atoms with Crippen LogP contribution in [0.5, 0.6) is 0 Å². The highest BCUT2D eigenvalue weighted by molar-refractivity contribution is 5.99. The van der Waals surface area contributed by atoms with Crippen LogP contribution in [0.2, 0.25) is 0 Å². The number of benzene rings is 2. The number of carbonyl (C=O) groups excluding carboxylic acids is 1. The normalized spacial score (nSPS) is 18.1. The van der Waals surface area contributed by atoms with Crippen molar-refractivity contribution in [2.24, 2.45) is 0 Å². The molecule has 0 unspecified atom stereocenters. The molecule has 0 atom stereocenters. The van der Waals surface area contributed by atoms with E-state index < -0.39 is 5.79 Å². The molecule has 154 valence electrons. The Morgan fingerprint density at radius 3 is 2.23 bits per heavy atom. The number of nitrogens with zero attached hydrogens (tertiary/aromatic N) is 3. The van der Waals surface area contributed by atoms with Crippen LogP contribution in [0.4, 0.5) is 0 Å². The van der Waals surface area contributed by atoms with E-state index in [2.05, 4.69) is 12.1 Å². The lowest BCUT2D eigenvalue weighted by molar-refractivity contribution is -0.181. The molecule has 0 N–H and O–H groups in total. The maximum absolute atomic E-state index is 13.5. The van der Waals surface area contributed by atoms with E-state index in [0.29, 0.717) is 51.3 Å². The molecule has 30 heavy (non-hydrogen) atoms. The van der Waals surface area contributed by atoms with Crippen molar-refractivity contribution < 1.29 is 14.3 Å². The Morgan fingerprint density at radius 1 is 0.933 bits per heavy atom. The van der Waals surface area contributed by atoms with Gasteiger partial charge in [0.1, 0.15) is 5.69 Å². The minimum Gasteiger partial charge on any atom is -0.347 e. The van der Waals surface area contributed by atoms with Crippen LogP contribution in [0.1, 0.15) is 28.8 Å². The zero-order valence-electron chi connectivity index (χ0n) is 16.9. The van der Waals surface area contributed by atoms with Gasteiger partial charge in [0, 0.05) is 37.7 Å². The average molecular weight is 403 g/mol. The summed E-state index contributed by atoms with van der Waals surface area (Å²) in [6.07, 6.45) is 3.29. The van der Waals surface area contributed by atoms with E-state index in [1.165, 1.54) is 0 Å². The molecule has 5 rings (SSSR count). The Kier molecular flexibility index (Phi) is 5.11. The number of amides is 1. The number of aromatic nitrogens is 2. The van der Waals surface area contributed by atoms with Crippen molar-refractivity contribution in [3.8, 4) is 11.3 Å². The molecule has 2 fully saturated rings. The van der Waals surface area contributed by atoms with Crippen molar-refractivity contribution >= 4 is 5.91 Å². The van der Waals surface area contributed by atoms with Gasteiger partial charge in [-0.2, -0.15) is 5.10 Å². The number of hydrogen-bond donors (Lipinski definition) is 0. The quantitative estimate of drug-likeness (QED) is 0.668. The number of hydrogen-bond acceptors (Lipinski definition) is 4. The molecule has 2 saturated heterocycles. The standard InChI is InChI=1S/C24H25N3O3/c28-23(26-13-11-24(12-14-26)29-15-16-30-24)21-18-27(17-19-7-3-1-4-8-19)25-22(21)20-9-5-2-6-10-20/h1-10,18H,11-17H2. The second kappa shape index (κ2) is 8.05. The molecule has 3 aromatic rings. The molecular formula is C24H25N3O3. The Balaban J connectivity index is 1.42. The summed E-state index contributed by atoms with van der Waals surface area (Å²) in [7, 11) is 0. The van der Waals surface area contributed by atoms with Crippen LogP contribution in [0.3, 0.4) is 0 Å². The number of rotatable bonds is 4. The summed E-state index contributed by atoms with van der Waals surface area (Å²) >= 11 is 0. The number of carbonyl (C=O) groups is 1. The first-order valence-corrected chi connectivity index (χ1v) is 10.5. The van der Waals surface area contributed by atoms with Gasteiger partial charge in [-0.25, -0.2) is 0 Å². The molecule has 0 saturated carbocycles. The molecular weight excluding hydrogens is 378 g/mol. The maximum atomic E-state index is 13.5. The van der Waals surface area contributed by atoms with Crippen LogP contribution in [0.25, 0.3) is 11.3 Å². The first-order valence-electron chi connectivity index (χ1n) is 10.5. The third-order valence-corrected chi connectivity index (χ3v) is 5.85. The summed E-state index contributed by atoms with van der Waals surface area (Å²) in [4.78, 5) is 15.3. The van der Waals surface area contributed by atoms with Gasteiger partial charge in [-0.15, -0.1) is 0 Å². The Bertz CT molecular complexity index is 1000. The highest BCUT2D eigenvalue weighted by atomic mass is 16.7. The second-order valence-corrected chi connectivity index (χ2v) is 7.84. The zero-order valence-corrected chi connectivity index (χ0v) is 16.9. The lowest BCUT2D eigenvalue weighted by Crippen LogP contribution is -2.47. The van der Waals surface area contributed by atoms with E-state index in [1.807, 2.05) is 64.3 Å². The van der Waals surface area contributed by atoms with Gasteiger partial charge in [-0.3, -0.25) is 9.48 Å². The second-order valence-electron chi connectivity index (χ2n) is 7.84. The molecule has 1 spiro atoms. The number of likely N-dealkylation sites (tertiary alicyclic amines) is 1.